The van der Waals surface area contributed by atoms with Crippen LogP contribution in [0.3, 0.4) is 0 Å². The molecule has 0 radical (unpaired) electrons. The SMILES string of the molecule is COc1ccc(N(CC(=O)Nc2ccccc2Oc2ccccc2)S(=O)(=O)c2ccccc2)cc1Cl. The molecule has 4 aromatic carbocycles. The second-order valence-electron chi connectivity index (χ2n) is 7.60. The zero-order chi connectivity index (χ0) is 25.5. The maximum Gasteiger partial charge on any atom is 0.264 e. The fraction of sp³-hybridized carbons (Fsp3) is 0.0741. The van der Waals surface area contributed by atoms with E-state index in [0.717, 1.165) is 4.31 Å². The van der Waals surface area contributed by atoms with Crippen LogP contribution in [0.15, 0.2) is 108 Å². The summed E-state index contributed by atoms with van der Waals surface area (Å²) in [5, 5.41) is 2.98. The molecule has 0 aliphatic carbocycles. The summed E-state index contributed by atoms with van der Waals surface area (Å²) in [5.74, 6) is 0.835. The van der Waals surface area contributed by atoms with Crippen LogP contribution in [0.2, 0.25) is 5.02 Å². The molecular formula is C27H23ClN2O5S. The number of anilines is 2. The van der Waals surface area contributed by atoms with E-state index in [1.54, 1.807) is 60.7 Å². The normalized spacial score (nSPS) is 10.9. The summed E-state index contributed by atoms with van der Waals surface area (Å²) >= 11 is 6.27. The van der Waals surface area contributed by atoms with E-state index >= 15 is 0 Å². The van der Waals surface area contributed by atoms with Gasteiger partial charge in [-0.25, -0.2) is 8.42 Å². The Hall–Kier alpha value is -4.01. The number of para-hydroxylation sites is 3. The van der Waals surface area contributed by atoms with Gasteiger partial charge in [-0.1, -0.05) is 60.1 Å². The molecule has 0 aliphatic heterocycles. The number of benzene rings is 4. The number of nitrogens with one attached hydrogen (secondary N) is 1. The van der Waals surface area contributed by atoms with E-state index in [-0.39, 0.29) is 15.6 Å². The van der Waals surface area contributed by atoms with Gasteiger partial charge in [0, 0.05) is 0 Å². The second-order valence-corrected chi connectivity index (χ2v) is 9.87. The molecule has 36 heavy (non-hydrogen) atoms. The van der Waals surface area contributed by atoms with Crippen LogP contribution in [0.5, 0.6) is 17.2 Å². The number of halogens is 1. The smallest absolute Gasteiger partial charge is 0.264 e. The molecule has 4 aromatic rings. The zero-order valence-corrected chi connectivity index (χ0v) is 20.9. The average Bonchev–Trinajstić information content (AvgIpc) is 2.89. The topological polar surface area (TPSA) is 84.9 Å². The number of methoxy groups -OCH3 is 1. The van der Waals surface area contributed by atoms with Crippen molar-refractivity contribution in [1.29, 1.82) is 0 Å². The summed E-state index contributed by atoms with van der Waals surface area (Å²) < 4.78 is 39.2. The highest BCUT2D eigenvalue weighted by atomic mass is 35.5. The van der Waals surface area contributed by atoms with Crippen LogP contribution in [0.1, 0.15) is 0 Å². The van der Waals surface area contributed by atoms with Crippen LogP contribution in [-0.2, 0) is 14.8 Å². The number of amides is 1. The van der Waals surface area contributed by atoms with Gasteiger partial charge in [-0.3, -0.25) is 9.10 Å². The largest absolute Gasteiger partial charge is 0.495 e. The van der Waals surface area contributed by atoms with Crippen molar-refractivity contribution in [1.82, 2.24) is 0 Å². The number of ether oxygens (including phenoxy) is 2. The molecule has 0 saturated carbocycles. The molecule has 1 amide bonds. The van der Waals surface area contributed by atoms with Gasteiger partial charge in [0.1, 0.15) is 18.0 Å². The maximum absolute atomic E-state index is 13.5. The predicted molar refractivity (Wildman–Crippen MR) is 141 cm³/mol. The molecule has 0 aliphatic rings. The lowest BCUT2D eigenvalue weighted by Gasteiger charge is -2.25. The van der Waals surface area contributed by atoms with Crippen LogP contribution in [0.4, 0.5) is 11.4 Å². The first-order valence-electron chi connectivity index (χ1n) is 10.9. The number of carbonyl (C=O) groups is 1. The van der Waals surface area contributed by atoms with Crippen LogP contribution in [-0.4, -0.2) is 28.0 Å². The zero-order valence-electron chi connectivity index (χ0n) is 19.3. The Morgan fingerprint density at radius 3 is 2.17 bits per heavy atom. The molecule has 0 spiro atoms. The van der Waals surface area contributed by atoms with Gasteiger partial charge in [-0.05, 0) is 54.6 Å². The summed E-state index contributed by atoms with van der Waals surface area (Å²) in [4.78, 5) is 13.2. The van der Waals surface area contributed by atoms with Gasteiger partial charge in [0.15, 0.2) is 5.75 Å². The van der Waals surface area contributed by atoms with Crippen LogP contribution >= 0.6 is 11.6 Å². The van der Waals surface area contributed by atoms with E-state index in [0.29, 0.717) is 22.9 Å². The Morgan fingerprint density at radius 1 is 0.861 bits per heavy atom. The van der Waals surface area contributed by atoms with Crippen molar-refractivity contribution in [2.24, 2.45) is 0 Å². The summed E-state index contributed by atoms with van der Waals surface area (Å²) in [6.07, 6.45) is 0. The maximum atomic E-state index is 13.5. The third-order valence-electron chi connectivity index (χ3n) is 5.17. The van der Waals surface area contributed by atoms with Crippen molar-refractivity contribution in [2.75, 3.05) is 23.3 Å². The van der Waals surface area contributed by atoms with Crippen molar-refractivity contribution in [3.05, 3.63) is 108 Å². The van der Waals surface area contributed by atoms with E-state index in [1.807, 2.05) is 18.2 Å². The van der Waals surface area contributed by atoms with Gasteiger partial charge in [-0.15, -0.1) is 0 Å². The lowest BCUT2D eigenvalue weighted by molar-refractivity contribution is -0.114. The third kappa shape index (κ3) is 5.79. The number of hydrogen-bond donors (Lipinski definition) is 1. The van der Waals surface area contributed by atoms with Crippen molar-refractivity contribution < 1.29 is 22.7 Å². The number of hydrogen-bond acceptors (Lipinski definition) is 5. The Morgan fingerprint density at radius 2 is 1.50 bits per heavy atom. The molecule has 0 bridgehead atoms. The first kappa shape index (κ1) is 25.1. The van der Waals surface area contributed by atoms with Crippen LogP contribution in [0.25, 0.3) is 0 Å². The first-order chi connectivity index (χ1) is 17.4. The molecule has 0 fully saturated rings. The first-order valence-corrected chi connectivity index (χ1v) is 12.7. The molecule has 0 unspecified atom stereocenters. The van der Waals surface area contributed by atoms with Crippen LogP contribution in [0, 0.1) is 0 Å². The van der Waals surface area contributed by atoms with Crippen molar-refractivity contribution in [3.63, 3.8) is 0 Å². The predicted octanol–water partition coefficient (Wildman–Crippen LogP) is 5.97. The minimum Gasteiger partial charge on any atom is -0.495 e. The molecule has 4 rings (SSSR count). The van der Waals surface area contributed by atoms with Gasteiger partial charge in [0.25, 0.3) is 10.0 Å². The fourth-order valence-electron chi connectivity index (χ4n) is 3.44. The van der Waals surface area contributed by atoms with E-state index in [1.165, 1.54) is 31.4 Å². The quantitative estimate of drug-likeness (QED) is 0.292. The standard InChI is InChI=1S/C27H23ClN2O5S/c1-34-25-17-16-20(18-23(25)28)30(36(32,33)22-12-6-3-7-13-22)19-27(31)29-24-14-8-9-15-26(24)35-21-10-4-2-5-11-21/h2-18H,19H2,1H3,(H,29,31). The number of rotatable bonds is 9. The lowest BCUT2D eigenvalue weighted by atomic mass is 10.2. The Balaban J connectivity index is 1.64. The lowest BCUT2D eigenvalue weighted by Crippen LogP contribution is -2.38. The monoisotopic (exact) mass is 522 g/mol. The van der Waals surface area contributed by atoms with E-state index in [2.05, 4.69) is 5.32 Å². The summed E-state index contributed by atoms with van der Waals surface area (Å²) in [6, 6.07) is 28.4. The van der Waals surface area contributed by atoms with Crippen molar-refractivity contribution in [2.45, 2.75) is 4.90 Å². The fourth-order valence-corrected chi connectivity index (χ4v) is 5.13. The van der Waals surface area contributed by atoms with Crippen LogP contribution < -0.4 is 19.1 Å². The Labute approximate surface area is 214 Å². The molecule has 0 atom stereocenters. The highest BCUT2D eigenvalue weighted by Crippen LogP contribution is 2.33. The molecule has 7 nitrogen and oxygen atoms in total. The summed E-state index contributed by atoms with van der Waals surface area (Å²) in [5.41, 5.74) is 0.616. The van der Waals surface area contributed by atoms with Gasteiger partial charge >= 0.3 is 0 Å². The molecule has 1 N–H and O–H groups in total. The summed E-state index contributed by atoms with van der Waals surface area (Å²) in [6.45, 7) is -0.500. The van der Waals surface area contributed by atoms with Crippen molar-refractivity contribution >= 4 is 38.9 Å². The molecule has 0 saturated heterocycles. The molecule has 0 heterocycles. The molecule has 184 valence electrons. The molecule has 0 aromatic heterocycles. The second kappa shape index (κ2) is 11.2. The highest BCUT2D eigenvalue weighted by Gasteiger charge is 2.28. The van der Waals surface area contributed by atoms with Gasteiger partial charge < -0.3 is 14.8 Å². The Kier molecular flexibility index (Phi) is 7.77. The summed E-state index contributed by atoms with van der Waals surface area (Å²) in [7, 11) is -2.63. The van der Waals surface area contributed by atoms with Gasteiger partial charge in [0.2, 0.25) is 5.91 Å². The molecule has 9 heteroatoms. The van der Waals surface area contributed by atoms with E-state index in [9.17, 15) is 13.2 Å². The number of carbonyl (C=O) groups excluding carboxylic acids is 1. The highest BCUT2D eigenvalue weighted by molar-refractivity contribution is 7.92. The van der Waals surface area contributed by atoms with E-state index < -0.39 is 22.5 Å². The van der Waals surface area contributed by atoms with E-state index in [4.69, 9.17) is 21.1 Å². The molecular weight excluding hydrogens is 500 g/mol. The minimum absolute atomic E-state index is 0.0394. The minimum atomic E-state index is -4.09. The Bertz CT molecular complexity index is 1450. The van der Waals surface area contributed by atoms with Crippen molar-refractivity contribution in [3.8, 4) is 17.2 Å². The van der Waals surface area contributed by atoms with Gasteiger partial charge in [0.05, 0.1) is 28.4 Å². The average molecular weight is 523 g/mol. The number of sulfonamides is 1. The number of nitrogens with zero attached hydrogens (tertiary/aromatic N) is 1. The van der Waals surface area contributed by atoms with Gasteiger partial charge in [-0.2, -0.15) is 0 Å². The third-order valence-corrected chi connectivity index (χ3v) is 7.26.